The molecule has 0 aliphatic heterocycles. The molecule has 2 heteroatoms. The largest absolute Gasteiger partial charge is 0.326 e. The molecule has 1 aromatic carbocycles. The average molecular weight is 134 g/mol. The van der Waals surface area contributed by atoms with Crippen LogP contribution in [0, 0.1) is 12.1 Å². The second kappa shape index (κ2) is 3.34. The van der Waals surface area contributed by atoms with E-state index in [0.29, 0.717) is 13.1 Å². The molecule has 0 bridgehead atoms. The second-order valence-corrected chi connectivity index (χ2v) is 1.99. The Bertz CT molecular complexity index is 185. The summed E-state index contributed by atoms with van der Waals surface area (Å²) < 4.78 is 0. The predicted molar refractivity (Wildman–Crippen MR) is 39.9 cm³/mol. The van der Waals surface area contributed by atoms with Crippen LogP contribution in [0.4, 0.5) is 0 Å². The molecule has 52 valence electrons. The molecule has 0 spiro atoms. The van der Waals surface area contributed by atoms with Gasteiger partial charge in [0.05, 0.1) is 0 Å². The van der Waals surface area contributed by atoms with Gasteiger partial charge in [-0.3, -0.25) is 0 Å². The zero-order valence-electron chi connectivity index (χ0n) is 5.72. The van der Waals surface area contributed by atoms with Crippen LogP contribution in [-0.4, -0.2) is 0 Å². The minimum Gasteiger partial charge on any atom is -0.326 e. The highest BCUT2D eigenvalue weighted by atomic mass is 14.6. The summed E-state index contributed by atoms with van der Waals surface area (Å²) in [6, 6.07) is 9.59. The summed E-state index contributed by atoms with van der Waals surface area (Å²) in [5.41, 5.74) is 12.8. The van der Waals surface area contributed by atoms with Crippen molar-refractivity contribution in [3.05, 3.63) is 35.4 Å². The van der Waals surface area contributed by atoms with E-state index in [-0.39, 0.29) is 0 Å². The standard InChI is InChI=1S/C8H10N2/c9-5-7-3-1-2-4-8(7)6-10/h1-2H,5-6,9-10H2. The molecule has 0 aromatic heterocycles. The predicted octanol–water partition coefficient (Wildman–Crippen LogP) is 0.204. The van der Waals surface area contributed by atoms with Crippen LogP contribution >= 0.6 is 0 Å². The van der Waals surface area contributed by atoms with Gasteiger partial charge in [-0.15, -0.1) is 0 Å². The smallest absolute Gasteiger partial charge is 0.0187 e. The van der Waals surface area contributed by atoms with Gasteiger partial charge in [0, 0.05) is 13.1 Å². The minimum atomic E-state index is 0.490. The Morgan fingerprint density at radius 3 is 1.70 bits per heavy atom. The summed E-state index contributed by atoms with van der Waals surface area (Å²) in [5.74, 6) is 0. The lowest BCUT2D eigenvalue weighted by Crippen LogP contribution is -2.05. The lowest BCUT2D eigenvalue weighted by atomic mass is 10.1. The molecular weight excluding hydrogens is 124 g/mol. The van der Waals surface area contributed by atoms with Gasteiger partial charge in [0.2, 0.25) is 0 Å². The summed E-state index contributed by atoms with van der Waals surface area (Å²) in [6.45, 7) is 0.980. The molecule has 0 saturated heterocycles. The molecule has 0 fully saturated rings. The summed E-state index contributed by atoms with van der Waals surface area (Å²) >= 11 is 0. The van der Waals surface area contributed by atoms with Crippen molar-refractivity contribution in [2.75, 3.05) is 0 Å². The molecule has 0 aliphatic rings. The number of hydrogen-bond donors (Lipinski definition) is 2. The Morgan fingerprint density at radius 1 is 1.00 bits per heavy atom. The Hall–Kier alpha value is -0.860. The summed E-state index contributed by atoms with van der Waals surface area (Å²) in [5, 5.41) is 0. The van der Waals surface area contributed by atoms with E-state index in [2.05, 4.69) is 12.1 Å². The third-order valence-corrected chi connectivity index (χ3v) is 1.37. The van der Waals surface area contributed by atoms with Crippen molar-refractivity contribution in [1.29, 1.82) is 0 Å². The van der Waals surface area contributed by atoms with E-state index in [0.717, 1.165) is 11.1 Å². The Labute approximate surface area is 60.8 Å². The van der Waals surface area contributed by atoms with Crippen molar-refractivity contribution in [2.24, 2.45) is 11.5 Å². The van der Waals surface area contributed by atoms with Gasteiger partial charge >= 0.3 is 0 Å². The summed E-state index contributed by atoms with van der Waals surface area (Å²) in [4.78, 5) is 0. The van der Waals surface area contributed by atoms with Crippen LogP contribution in [0.1, 0.15) is 11.1 Å². The third kappa shape index (κ3) is 1.35. The van der Waals surface area contributed by atoms with Crippen LogP contribution in [-0.2, 0) is 13.1 Å². The monoisotopic (exact) mass is 134 g/mol. The van der Waals surface area contributed by atoms with E-state index in [1.54, 1.807) is 12.1 Å². The zero-order chi connectivity index (χ0) is 7.40. The van der Waals surface area contributed by atoms with E-state index < -0.39 is 0 Å². The van der Waals surface area contributed by atoms with Crippen LogP contribution in [0.5, 0.6) is 0 Å². The summed E-state index contributed by atoms with van der Waals surface area (Å²) in [6.07, 6.45) is 0. The fourth-order valence-corrected chi connectivity index (χ4v) is 0.823. The molecule has 0 saturated carbocycles. The number of nitrogens with two attached hydrogens (primary N) is 2. The van der Waals surface area contributed by atoms with Crippen molar-refractivity contribution in [2.45, 2.75) is 13.1 Å². The normalized spacial score (nSPS) is 9.80. The molecule has 0 atom stereocenters. The van der Waals surface area contributed by atoms with Gasteiger partial charge in [0.25, 0.3) is 0 Å². The Kier molecular flexibility index (Phi) is 2.42. The van der Waals surface area contributed by atoms with Gasteiger partial charge < -0.3 is 11.5 Å². The molecule has 1 rings (SSSR count). The van der Waals surface area contributed by atoms with E-state index in [4.69, 9.17) is 11.5 Å². The molecule has 4 N–H and O–H groups in total. The highest BCUT2D eigenvalue weighted by molar-refractivity contribution is 5.24. The van der Waals surface area contributed by atoms with Gasteiger partial charge in [-0.05, 0) is 23.3 Å². The zero-order valence-corrected chi connectivity index (χ0v) is 5.72. The topological polar surface area (TPSA) is 52.0 Å². The maximum Gasteiger partial charge on any atom is 0.0187 e. The van der Waals surface area contributed by atoms with Crippen molar-refractivity contribution >= 4 is 0 Å². The van der Waals surface area contributed by atoms with Crippen LogP contribution in [0.3, 0.4) is 0 Å². The number of hydrogen-bond acceptors (Lipinski definition) is 2. The van der Waals surface area contributed by atoms with Crippen LogP contribution in [0.2, 0.25) is 0 Å². The van der Waals surface area contributed by atoms with E-state index in [9.17, 15) is 0 Å². The van der Waals surface area contributed by atoms with Crippen LogP contribution < -0.4 is 11.5 Å². The first-order valence-electron chi connectivity index (χ1n) is 3.18. The highest BCUT2D eigenvalue weighted by Gasteiger charge is 1.95. The molecule has 0 aliphatic carbocycles. The summed E-state index contributed by atoms with van der Waals surface area (Å²) in [7, 11) is 0. The fourth-order valence-electron chi connectivity index (χ4n) is 0.823. The lowest BCUT2D eigenvalue weighted by molar-refractivity contribution is 0.975. The average Bonchev–Trinajstić information content (AvgIpc) is 2.04. The Balaban J connectivity index is 2.96. The number of benzene rings is 1. The first-order chi connectivity index (χ1) is 4.88. The first kappa shape index (κ1) is 7.25. The molecule has 0 unspecified atom stereocenters. The third-order valence-electron chi connectivity index (χ3n) is 1.37. The van der Waals surface area contributed by atoms with Crippen molar-refractivity contribution < 1.29 is 0 Å². The van der Waals surface area contributed by atoms with E-state index >= 15 is 0 Å². The molecule has 10 heavy (non-hydrogen) atoms. The fraction of sp³-hybridized carbons (Fsp3) is 0.250. The van der Waals surface area contributed by atoms with Crippen LogP contribution in [0.15, 0.2) is 12.1 Å². The van der Waals surface area contributed by atoms with Crippen LogP contribution in [0.25, 0.3) is 0 Å². The lowest BCUT2D eigenvalue weighted by Gasteiger charge is -2.01. The first-order valence-corrected chi connectivity index (χ1v) is 3.18. The maximum absolute atomic E-state index is 5.42. The van der Waals surface area contributed by atoms with Gasteiger partial charge in [-0.1, -0.05) is 12.1 Å². The van der Waals surface area contributed by atoms with Gasteiger partial charge in [-0.2, -0.15) is 0 Å². The maximum atomic E-state index is 5.42. The molecule has 1 aromatic rings. The molecule has 0 amide bonds. The molecular formula is C8H10N2. The molecule has 2 radical (unpaired) electrons. The minimum absolute atomic E-state index is 0.490. The van der Waals surface area contributed by atoms with E-state index in [1.165, 1.54) is 0 Å². The molecule has 2 nitrogen and oxygen atoms in total. The Morgan fingerprint density at radius 2 is 1.40 bits per heavy atom. The number of rotatable bonds is 2. The quantitative estimate of drug-likeness (QED) is 0.607. The van der Waals surface area contributed by atoms with Gasteiger partial charge in [0.1, 0.15) is 0 Å². The highest BCUT2D eigenvalue weighted by Crippen LogP contribution is 2.03. The van der Waals surface area contributed by atoms with Crippen molar-refractivity contribution in [1.82, 2.24) is 0 Å². The van der Waals surface area contributed by atoms with Gasteiger partial charge in [-0.25, -0.2) is 0 Å². The second-order valence-electron chi connectivity index (χ2n) is 1.99. The van der Waals surface area contributed by atoms with E-state index in [1.807, 2.05) is 0 Å². The SMILES string of the molecule is NCc1[c]cc[c]c1CN. The van der Waals surface area contributed by atoms with Crippen molar-refractivity contribution in [3.63, 3.8) is 0 Å². The van der Waals surface area contributed by atoms with Crippen molar-refractivity contribution in [3.8, 4) is 0 Å². The molecule has 0 heterocycles. The van der Waals surface area contributed by atoms with Gasteiger partial charge in [0.15, 0.2) is 0 Å².